The Morgan fingerprint density at radius 2 is 1.85 bits per heavy atom. The predicted molar refractivity (Wildman–Crippen MR) is 127 cm³/mol. The van der Waals surface area contributed by atoms with Crippen LogP contribution in [0.1, 0.15) is 69.3 Å². The van der Waals surface area contributed by atoms with Crippen molar-refractivity contribution < 1.29 is 14.4 Å². The molecule has 178 valence electrons. The SMILES string of the molecule is O=C1NC(CCCC(=O)N2CCC(C3C(=O)Nc4cc(Cl)ccc43)CC2)NC2CCCCC12. The molecule has 0 radical (unpaired) electrons. The van der Waals surface area contributed by atoms with Crippen LogP contribution in [0.15, 0.2) is 18.2 Å². The average Bonchev–Trinajstić information content (AvgIpc) is 3.14. The summed E-state index contributed by atoms with van der Waals surface area (Å²) in [6, 6.07) is 5.89. The van der Waals surface area contributed by atoms with Crippen molar-refractivity contribution in [2.75, 3.05) is 18.4 Å². The van der Waals surface area contributed by atoms with Crippen LogP contribution in [0.3, 0.4) is 0 Å². The molecule has 1 saturated carbocycles. The minimum atomic E-state index is -0.154. The van der Waals surface area contributed by atoms with Crippen LogP contribution in [0.4, 0.5) is 5.69 Å². The molecule has 7 nitrogen and oxygen atoms in total. The van der Waals surface area contributed by atoms with Crippen molar-refractivity contribution in [1.29, 1.82) is 0 Å². The molecule has 3 fully saturated rings. The smallest absolute Gasteiger partial charge is 0.232 e. The van der Waals surface area contributed by atoms with Gasteiger partial charge in [-0.25, -0.2) is 0 Å². The lowest BCUT2D eigenvalue weighted by atomic mass is 9.80. The number of hydrogen-bond donors (Lipinski definition) is 3. The van der Waals surface area contributed by atoms with Crippen molar-refractivity contribution in [3.05, 3.63) is 28.8 Å². The zero-order chi connectivity index (χ0) is 22.9. The maximum Gasteiger partial charge on any atom is 0.232 e. The molecule has 3 aliphatic heterocycles. The van der Waals surface area contributed by atoms with E-state index in [0.717, 1.165) is 56.2 Å². The second kappa shape index (κ2) is 9.63. The van der Waals surface area contributed by atoms with Crippen LogP contribution in [-0.2, 0) is 14.4 Å². The van der Waals surface area contributed by atoms with E-state index in [1.54, 1.807) is 0 Å². The molecule has 8 heteroatoms. The Morgan fingerprint density at radius 1 is 1.06 bits per heavy atom. The summed E-state index contributed by atoms with van der Waals surface area (Å²) in [5, 5.41) is 10.3. The molecule has 1 aliphatic carbocycles. The summed E-state index contributed by atoms with van der Waals surface area (Å²) in [6.07, 6.45) is 8.04. The number of piperidine rings is 1. The van der Waals surface area contributed by atoms with Gasteiger partial charge in [-0.2, -0.15) is 0 Å². The van der Waals surface area contributed by atoms with E-state index < -0.39 is 0 Å². The van der Waals surface area contributed by atoms with E-state index in [1.807, 2.05) is 23.1 Å². The van der Waals surface area contributed by atoms with Crippen LogP contribution < -0.4 is 16.0 Å². The van der Waals surface area contributed by atoms with E-state index in [4.69, 9.17) is 11.6 Å². The van der Waals surface area contributed by atoms with Gasteiger partial charge in [0.1, 0.15) is 0 Å². The van der Waals surface area contributed by atoms with E-state index in [2.05, 4.69) is 16.0 Å². The molecule has 4 atom stereocenters. The summed E-state index contributed by atoms with van der Waals surface area (Å²) < 4.78 is 0. The number of benzene rings is 1. The minimum Gasteiger partial charge on any atom is -0.343 e. The highest BCUT2D eigenvalue weighted by Crippen LogP contribution is 2.42. The Bertz CT molecular complexity index is 930. The molecule has 1 aromatic rings. The summed E-state index contributed by atoms with van der Waals surface area (Å²) in [5.41, 5.74) is 1.84. The second-order valence-electron chi connectivity index (χ2n) is 10.0. The number of rotatable bonds is 5. The van der Waals surface area contributed by atoms with Crippen molar-refractivity contribution in [1.82, 2.24) is 15.5 Å². The first kappa shape index (κ1) is 22.7. The van der Waals surface area contributed by atoms with Gasteiger partial charge in [-0.1, -0.05) is 30.5 Å². The standard InChI is InChI=1S/C25H33ClN4O3/c26-16-8-9-17-20(14-16)28-25(33)23(17)15-10-12-30(13-11-15)22(31)7-3-6-21-27-19-5-2-1-4-18(19)24(32)29-21/h8-9,14-15,18-19,21,23,27H,1-7,10-13H2,(H,28,33)(H,29,32). The molecular weight excluding hydrogens is 440 g/mol. The zero-order valence-corrected chi connectivity index (χ0v) is 19.7. The Hall–Kier alpha value is -2.12. The predicted octanol–water partition coefficient (Wildman–Crippen LogP) is 3.39. The van der Waals surface area contributed by atoms with E-state index >= 15 is 0 Å². The van der Waals surface area contributed by atoms with Crippen LogP contribution in [0.5, 0.6) is 0 Å². The lowest BCUT2D eigenvalue weighted by Gasteiger charge is -2.40. The molecule has 2 saturated heterocycles. The third-order valence-electron chi connectivity index (χ3n) is 7.97. The second-order valence-corrected chi connectivity index (χ2v) is 10.5. The van der Waals surface area contributed by atoms with Crippen LogP contribution >= 0.6 is 11.6 Å². The number of nitrogens with one attached hydrogen (secondary N) is 3. The summed E-state index contributed by atoms with van der Waals surface area (Å²) in [5.74, 6) is 0.592. The van der Waals surface area contributed by atoms with Gasteiger partial charge in [0, 0.05) is 36.3 Å². The maximum atomic E-state index is 12.8. The monoisotopic (exact) mass is 472 g/mol. The van der Waals surface area contributed by atoms with Gasteiger partial charge >= 0.3 is 0 Å². The van der Waals surface area contributed by atoms with Gasteiger partial charge in [-0.3, -0.25) is 19.7 Å². The number of anilines is 1. The van der Waals surface area contributed by atoms with E-state index in [9.17, 15) is 14.4 Å². The first-order chi connectivity index (χ1) is 16.0. The number of carbonyl (C=O) groups excluding carboxylic acids is 3. The highest BCUT2D eigenvalue weighted by atomic mass is 35.5. The molecule has 3 amide bonds. The third-order valence-corrected chi connectivity index (χ3v) is 8.21. The summed E-state index contributed by atoms with van der Waals surface area (Å²) in [4.78, 5) is 39.7. The van der Waals surface area contributed by atoms with Gasteiger partial charge in [0.05, 0.1) is 18.0 Å². The Balaban J connectivity index is 1.07. The molecule has 0 spiro atoms. The highest BCUT2D eigenvalue weighted by Gasteiger charge is 2.39. The molecule has 3 heterocycles. The minimum absolute atomic E-state index is 0.0233. The Morgan fingerprint density at radius 3 is 2.67 bits per heavy atom. The van der Waals surface area contributed by atoms with Crippen molar-refractivity contribution in [2.24, 2.45) is 11.8 Å². The number of likely N-dealkylation sites (tertiary alicyclic amines) is 1. The topological polar surface area (TPSA) is 90.5 Å². The first-order valence-electron chi connectivity index (χ1n) is 12.4. The Kier molecular flexibility index (Phi) is 6.61. The van der Waals surface area contributed by atoms with Crippen molar-refractivity contribution in [3.63, 3.8) is 0 Å². The zero-order valence-electron chi connectivity index (χ0n) is 18.9. The van der Waals surface area contributed by atoms with Crippen LogP contribution in [0, 0.1) is 11.8 Å². The van der Waals surface area contributed by atoms with E-state index in [0.29, 0.717) is 30.6 Å². The van der Waals surface area contributed by atoms with E-state index in [1.165, 1.54) is 6.42 Å². The van der Waals surface area contributed by atoms with Gasteiger partial charge in [-0.05, 0) is 62.1 Å². The highest BCUT2D eigenvalue weighted by molar-refractivity contribution is 6.31. The normalized spacial score (nSPS) is 29.8. The lowest BCUT2D eigenvalue weighted by Crippen LogP contribution is -2.62. The van der Waals surface area contributed by atoms with Gasteiger partial charge < -0.3 is 15.5 Å². The van der Waals surface area contributed by atoms with Gasteiger partial charge in [0.2, 0.25) is 17.7 Å². The Labute approximate surface area is 200 Å². The summed E-state index contributed by atoms with van der Waals surface area (Å²) >= 11 is 6.07. The molecule has 0 bridgehead atoms. The van der Waals surface area contributed by atoms with Gasteiger partial charge in [0.25, 0.3) is 0 Å². The number of carbonyl (C=O) groups is 3. The molecule has 1 aromatic carbocycles. The molecule has 0 aromatic heterocycles. The summed E-state index contributed by atoms with van der Waals surface area (Å²) in [6.45, 7) is 1.39. The van der Waals surface area contributed by atoms with Crippen LogP contribution in [0.25, 0.3) is 0 Å². The number of fused-ring (bicyclic) bond motifs is 2. The first-order valence-corrected chi connectivity index (χ1v) is 12.8. The van der Waals surface area contributed by atoms with Crippen molar-refractivity contribution in [3.8, 4) is 0 Å². The van der Waals surface area contributed by atoms with Gasteiger partial charge in [-0.15, -0.1) is 0 Å². The third kappa shape index (κ3) is 4.76. The number of halogens is 1. The largest absolute Gasteiger partial charge is 0.343 e. The van der Waals surface area contributed by atoms with Crippen LogP contribution in [-0.4, -0.2) is 47.9 Å². The van der Waals surface area contributed by atoms with Gasteiger partial charge in [0.15, 0.2) is 0 Å². The number of hydrogen-bond acceptors (Lipinski definition) is 4. The molecular formula is C25H33ClN4O3. The number of nitrogens with zero attached hydrogens (tertiary/aromatic N) is 1. The fourth-order valence-corrected chi connectivity index (χ4v) is 6.38. The van der Waals surface area contributed by atoms with E-state index in [-0.39, 0.29) is 41.6 Å². The number of amides is 3. The fourth-order valence-electron chi connectivity index (χ4n) is 6.20. The molecule has 5 rings (SSSR count). The quantitative estimate of drug-likeness (QED) is 0.612. The maximum absolute atomic E-state index is 12.8. The fraction of sp³-hybridized carbons (Fsp3) is 0.640. The average molecular weight is 473 g/mol. The summed E-state index contributed by atoms with van der Waals surface area (Å²) in [7, 11) is 0. The van der Waals surface area contributed by atoms with Crippen LogP contribution in [0.2, 0.25) is 5.02 Å². The van der Waals surface area contributed by atoms with Crippen molar-refractivity contribution >= 4 is 35.0 Å². The lowest BCUT2D eigenvalue weighted by molar-refractivity contribution is -0.132. The molecule has 3 N–H and O–H groups in total. The van der Waals surface area contributed by atoms with Crippen molar-refractivity contribution in [2.45, 2.75) is 75.9 Å². The molecule has 33 heavy (non-hydrogen) atoms. The molecule has 4 unspecified atom stereocenters. The molecule has 4 aliphatic rings.